The van der Waals surface area contributed by atoms with E-state index in [9.17, 15) is 8.42 Å². The lowest BCUT2D eigenvalue weighted by molar-refractivity contribution is 0.597. The van der Waals surface area contributed by atoms with Crippen LogP contribution in [0.1, 0.15) is 19.2 Å². The summed E-state index contributed by atoms with van der Waals surface area (Å²) in [4.78, 5) is 4.11. The van der Waals surface area contributed by atoms with Crippen molar-refractivity contribution in [3.05, 3.63) is 39.7 Å². The van der Waals surface area contributed by atoms with Gasteiger partial charge in [-0.05, 0) is 31.5 Å². The fourth-order valence-corrected chi connectivity index (χ4v) is 3.51. The zero-order chi connectivity index (χ0) is 15.6. The lowest BCUT2D eigenvalue weighted by Gasteiger charge is -2.08. The molecule has 2 aromatic rings. The van der Waals surface area contributed by atoms with E-state index in [-0.39, 0.29) is 5.03 Å². The molecule has 0 amide bonds. The molecule has 0 radical (unpaired) electrons. The van der Waals surface area contributed by atoms with Gasteiger partial charge < -0.3 is 4.57 Å². The second-order valence-corrected chi connectivity index (χ2v) is 7.50. The summed E-state index contributed by atoms with van der Waals surface area (Å²) >= 11 is 9.29. The van der Waals surface area contributed by atoms with Crippen molar-refractivity contribution in [3.63, 3.8) is 0 Å². The van der Waals surface area contributed by atoms with Crippen molar-refractivity contribution in [2.24, 2.45) is 0 Å². The topological polar surface area (TPSA) is 64.0 Å². The normalized spacial score (nSPS) is 11.6. The Bertz CT molecular complexity index is 759. The van der Waals surface area contributed by atoms with Gasteiger partial charge in [0.25, 0.3) is 10.0 Å². The third-order valence-corrected chi connectivity index (χ3v) is 4.93. The van der Waals surface area contributed by atoms with E-state index in [1.807, 2.05) is 11.5 Å². The van der Waals surface area contributed by atoms with Crippen molar-refractivity contribution in [2.45, 2.75) is 31.8 Å². The minimum Gasteiger partial charge on any atom is -0.334 e. The third-order valence-electron chi connectivity index (χ3n) is 2.87. The SMILES string of the molecule is CCCn1cc(S(=O)(=O)Nc2cc(Br)ccc2Cl)nc1C. The smallest absolute Gasteiger partial charge is 0.281 e. The first-order chi connectivity index (χ1) is 9.83. The molecule has 0 saturated carbocycles. The van der Waals surface area contributed by atoms with Crippen molar-refractivity contribution in [1.82, 2.24) is 9.55 Å². The van der Waals surface area contributed by atoms with Crippen LogP contribution in [0.25, 0.3) is 0 Å². The molecule has 0 unspecified atom stereocenters. The maximum absolute atomic E-state index is 12.4. The Hall–Kier alpha value is -1.05. The molecule has 114 valence electrons. The summed E-state index contributed by atoms with van der Waals surface area (Å²) < 4.78 is 29.8. The quantitative estimate of drug-likeness (QED) is 0.841. The summed E-state index contributed by atoms with van der Waals surface area (Å²) in [5.41, 5.74) is 0.314. The zero-order valence-electron chi connectivity index (χ0n) is 11.6. The summed E-state index contributed by atoms with van der Waals surface area (Å²) in [5, 5.41) is 0.316. The van der Waals surface area contributed by atoms with Gasteiger partial charge in [0.15, 0.2) is 5.03 Å². The highest BCUT2D eigenvalue weighted by Crippen LogP contribution is 2.27. The van der Waals surface area contributed by atoms with E-state index in [2.05, 4.69) is 25.6 Å². The Morgan fingerprint density at radius 2 is 2.14 bits per heavy atom. The molecule has 21 heavy (non-hydrogen) atoms. The number of hydrogen-bond donors (Lipinski definition) is 1. The van der Waals surface area contributed by atoms with Crippen molar-refractivity contribution < 1.29 is 8.42 Å². The van der Waals surface area contributed by atoms with Crippen molar-refractivity contribution in [2.75, 3.05) is 4.72 Å². The fourth-order valence-electron chi connectivity index (χ4n) is 1.85. The van der Waals surface area contributed by atoms with Gasteiger partial charge >= 0.3 is 0 Å². The Balaban J connectivity index is 2.34. The van der Waals surface area contributed by atoms with E-state index in [1.54, 1.807) is 25.1 Å². The van der Waals surface area contributed by atoms with Gasteiger partial charge in [-0.2, -0.15) is 8.42 Å². The second-order valence-electron chi connectivity index (χ2n) is 4.55. The van der Waals surface area contributed by atoms with Gasteiger partial charge in [-0.1, -0.05) is 34.5 Å². The average molecular weight is 393 g/mol. The lowest BCUT2D eigenvalue weighted by atomic mass is 10.3. The van der Waals surface area contributed by atoms with E-state index in [0.717, 1.165) is 17.4 Å². The highest BCUT2D eigenvalue weighted by molar-refractivity contribution is 9.10. The Morgan fingerprint density at radius 3 is 2.81 bits per heavy atom. The molecular formula is C13H15BrClN3O2S. The van der Waals surface area contributed by atoms with Crippen LogP contribution in [-0.2, 0) is 16.6 Å². The van der Waals surface area contributed by atoms with E-state index in [1.165, 1.54) is 6.20 Å². The summed E-state index contributed by atoms with van der Waals surface area (Å²) in [7, 11) is -3.76. The number of aromatic nitrogens is 2. The minimum atomic E-state index is -3.76. The monoisotopic (exact) mass is 391 g/mol. The van der Waals surface area contributed by atoms with Gasteiger partial charge in [0.1, 0.15) is 5.82 Å². The molecule has 5 nitrogen and oxygen atoms in total. The van der Waals surface area contributed by atoms with Crippen LogP contribution in [0.4, 0.5) is 5.69 Å². The summed E-state index contributed by atoms with van der Waals surface area (Å²) in [6.45, 7) is 4.53. The molecule has 1 heterocycles. The average Bonchev–Trinajstić information content (AvgIpc) is 2.77. The molecule has 0 fully saturated rings. The number of aryl methyl sites for hydroxylation is 2. The van der Waals surface area contributed by atoms with Gasteiger partial charge in [-0.3, -0.25) is 4.72 Å². The molecule has 0 aliphatic carbocycles. The maximum atomic E-state index is 12.4. The minimum absolute atomic E-state index is 0.00973. The number of halogens is 2. The van der Waals surface area contributed by atoms with Crippen molar-refractivity contribution in [1.29, 1.82) is 0 Å². The highest BCUT2D eigenvalue weighted by Gasteiger charge is 2.20. The van der Waals surface area contributed by atoms with Gasteiger partial charge in [-0.15, -0.1) is 0 Å². The molecule has 0 atom stereocenters. The summed E-state index contributed by atoms with van der Waals surface area (Å²) in [6, 6.07) is 4.96. The van der Waals surface area contributed by atoms with Crippen LogP contribution in [0.2, 0.25) is 5.02 Å². The van der Waals surface area contributed by atoms with Crippen molar-refractivity contribution >= 4 is 43.2 Å². The second kappa shape index (κ2) is 6.37. The predicted octanol–water partition coefficient (Wildman–Crippen LogP) is 3.82. The highest BCUT2D eigenvalue weighted by atomic mass is 79.9. The number of benzene rings is 1. The van der Waals surface area contributed by atoms with E-state index >= 15 is 0 Å². The molecule has 2 rings (SSSR count). The standard InChI is InChI=1S/C13H15BrClN3O2S/c1-3-6-18-8-13(16-9(18)2)21(19,20)17-12-7-10(14)4-5-11(12)15/h4-5,7-8,17H,3,6H2,1-2H3. The zero-order valence-corrected chi connectivity index (χ0v) is 14.8. The Labute approximate surface area is 137 Å². The number of rotatable bonds is 5. The maximum Gasteiger partial charge on any atom is 0.281 e. The predicted molar refractivity (Wildman–Crippen MR) is 87.2 cm³/mol. The molecule has 1 aromatic carbocycles. The number of imidazole rings is 1. The summed E-state index contributed by atoms with van der Waals surface area (Å²) in [6.07, 6.45) is 2.44. The van der Waals surface area contributed by atoms with Crippen molar-refractivity contribution in [3.8, 4) is 0 Å². The molecule has 0 spiro atoms. The molecular weight excluding hydrogens is 378 g/mol. The number of anilines is 1. The molecule has 1 aromatic heterocycles. The Kier molecular flexibility index (Phi) is 4.95. The molecule has 0 bridgehead atoms. The molecule has 1 N–H and O–H groups in total. The van der Waals surface area contributed by atoms with Gasteiger partial charge in [0, 0.05) is 17.2 Å². The first kappa shape index (κ1) is 16.3. The Morgan fingerprint density at radius 1 is 1.43 bits per heavy atom. The van der Waals surface area contributed by atoms with E-state index < -0.39 is 10.0 Å². The number of nitrogens with zero attached hydrogens (tertiary/aromatic N) is 2. The first-order valence-electron chi connectivity index (χ1n) is 6.35. The fraction of sp³-hybridized carbons (Fsp3) is 0.308. The van der Waals surface area contributed by atoms with Crippen LogP contribution >= 0.6 is 27.5 Å². The lowest BCUT2D eigenvalue weighted by Crippen LogP contribution is -2.13. The van der Waals surface area contributed by atoms with Crippen LogP contribution in [-0.4, -0.2) is 18.0 Å². The first-order valence-corrected chi connectivity index (χ1v) is 9.00. The third kappa shape index (κ3) is 3.78. The van der Waals surface area contributed by atoms with E-state index in [4.69, 9.17) is 11.6 Å². The van der Waals surface area contributed by atoms with Crippen LogP contribution in [0, 0.1) is 6.92 Å². The van der Waals surface area contributed by atoms with Crippen LogP contribution in [0.5, 0.6) is 0 Å². The van der Waals surface area contributed by atoms with Gasteiger partial charge in [0.2, 0.25) is 0 Å². The molecule has 0 aliphatic heterocycles. The number of sulfonamides is 1. The largest absolute Gasteiger partial charge is 0.334 e. The molecule has 0 saturated heterocycles. The number of nitrogens with one attached hydrogen (secondary N) is 1. The van der Waals surface area contributed by atoms with Gasteiger partial charge in [0.05, 0.1) is 10.7 Å². The van der Waals surface area contributed by atoms with Crippen LogP contribution in [0.15, 0.2) is 33.9 Å². The summed E-state index contributed by atoms with van der Waals surface area (Å²) in [5.74, 6) is 0.664. The molecule has 0 aliphatic rings. The molecule has 8 heteroatoms. The van der Waals surface area contributed by atoms with Gasteiger partial charge in [-0.25, -0.2) is 4.98 Å². The number of hydrogen-bond acceptors (Lipinski definition) is 3. The van der Waals surface area contributed by atoms with E-state index in [0.29, 0.717) is 16.5 Å². The van der Waals surface area contributed by atoms with Crippen LogP contribution < -0.4 is 4.72 Å². The van der Waals surface area contributed by atoms with Crippen LogP contribution in [0.3, 0.4) is 0 Å².